The first-order chi connectivity index (χ1) is 10.1. The number of carbonyl (C=O) groups is 1. The van der Waals surface area contributed by atoms with Gasteiger partial charge in [-0.3, -0.25) is 9.69 Å². The van der Waals surface area contributed by atoms with Gasteiger partial charge in [0.2, 0.25) is 5.91 Å². The van der Waals surface area contributed by atoms with Gasteiger partial charge in [-0.25, -0.2) is 0 Å². The zero-order valence-electron chi connectivity index (χ0n) is 13.9. The van der Waals surface area contributed by atoms with E-state index in [1.54, 1.807) is 0 Å². The zero-order chi connectivity index (χ0) is 15.1. The van der Waals surface area contributed by atoms with E-state index >= 15 is 0 Å². The van der Waals surface area contributed by atoms with Crippen molar-refractivity contribution < 1.29 is 4.79 Å². The van der Waals surface area contributed by atoms with Crippen molar-refractivity contribution in [3.05, 3.63) is 0 Å². The lowest BCUT2D eigenvalue weighted by Gasteiger charge is -2.33. The average molecular weight is 295 g/mol. The van der Waals surface area contributed by atoms with Crippen LogP contribution < -0.4 is 10.6 Å². The number of hydrogen-bond acceptors (Lipinski definition) is 3. The highest BCUT2D eigenvalue weighted by molar-refractivity contribution is 5.78. The van der Waals surface area contributed by atoms with E-state index < -0.39 is 0 Å². The Morgan fingerprint density at radius 3 is 2.62 bits per heavy atom. The lowest BCUT2D eigenvalue weighted by atomic mass is 9.95. The summed E-state index contributed by atoms with van der Waals surface area (Å²) in [6.45, 7) is 8.21. The van der Waals surface area contributed by atoms with Gasteiger partial charge in [0.05, 0.1) is 6.54 Å². The summed E-state index contributed by atoms with van der Waals surface area (Å²) < 4.78 is 0. The van der Waals surface area contributed by atoms with Crippen molar-refractivity contribution in [3.63, 3.8) is 0 Å². The molecule has 0 radical (unpaired) electrons. The molecule has 0 bridgehead atoms. The third-order valence-electron chi connectivity index (χ3n) is 4.76. The van der Waals surface area contributed by atoms with Crippen molar-refractivity contribution in [2.24, 2.45) is 5.92 Å². The molecule has 1 amide bonds. The number of hydrogen-bond donors (Lipinski definition) is 2. The third kappa shape index (κ3) is 6.35. The largest absolute Gasteiger partial charge is 0.352 e. The van der Waals surface area contributed by atoms with Gasteiger partial charge in [0.15, 0.2) is 0 Å². The van der Waals surface area contributed by atoms with E-state index in [1.807, 2.05) is 0 Å². The van der Waals surface area contributed by atoms with Crippen LogP contribution in [-0.2, 0) is 4.79 Å². The van der Waals surface area contributed by atoms with Crippen molar-refractivity contribution in [1.29, 1.82) is 0 Å². The molecule has 4 heteroatoms. The molecule has 1 aliphatic carbocycles. The van der Waals surface area contributed by atoms with E-state index in [4.69, 9.17) is 0 Å². The molecular weight excluding hydrogens is 262 g/mol. The van der Waals surface area contributed by atoms with E-state index in [0.717, 1.165) is 19.6 Å². The van der Waals surface area contributed by atoms with Crippen molar-refractivity contribution in [2.45, 2.75) is 70.9 Å². The fraction of sp³-hybridized carbons (Fsp3) is 0.941. The molecule has 2 fully saturated rings. The molecule has 1 heterocycles. The SMILES string of the molecule is CC(C)NCC1CCCN(CC(=O)NC2CCCCC2)C1. The Labute approximate surface area is 130 Å². The Morgan fingerprint density at radius 1 is 1.14 bits per heavy atom. The second kappa shape index (κ2) is 8.74. The van der Waals surface area contributed by atoms with Gasteiger partial charge in [-0.2, -0.15) is 0 Å². The molecule has 0 aromatic heterocycles. The number of amides is 1. The van der Waals surface area contributed by atoms with Gasteiger partial charge in [0.25, 0.3) is 0 Å². The summed E-state index contributed by atoms with van der Waals surface area (Å²) in [5.41, 5.74) is 0. The Kier molecular flexibility index (Phi) is 6.97. The molecule has 2 rings (SSSR count). The fourth-order valence-electron chi connectivity index (χ4n) is 3.59. The van der Waals surface area contributed by atoms with Gasteiger partial charge in [-0.05, 0) is 44.7 Å². The fourth-order valence-corrected chi connectivity index (χ4v) is 3.59. The number of piperidine rings is 1. The van der Waals surface area contributed by atoms with Crippen molar-refractivity contribution in [3.8, 4) is 0 Å². The Morgan fingerprint density at radius 2 is 1.90 bits per heavy atom. The van der Waals surface area contributed by atoms with Gasteiger partial charge < -0.3 is 10.6 Å². The first-order valence-electron chi connectivity index (χ1n) is 8.88. The van der Waals surface area contributed by atoms with Crippen molar-refractivity contribution in [1.82, 2.24) is 15.5 Å². The Bertz CT molecular complexity index is 313. The van der Waals surface area contributed by atoms with Crippen molar-refractivity contribution >= 4 is 5.91 Å². The van der Waals surface area contributed by atoms with Crippen LogP contribution in [0.15, 0.2) is 0 Å². The molecule has 0 aromatic carbocycles. The van der Waals surface area contributed by atoms with Crippen LogP contribution in [0.3, 0.4) is 0 Å². The summed E-state index contributed by atoms with van der Waals surface area (Å²) in [6, 6.07) is 0.990. The number of likely N-dealkylation sites (tertiary alicyclic amines) is 1. The van der Waals surface area contributed by atoms with Gasteiger partial charge in [0, 0.05) is 18.6 Å². The maximum absolute atomic E-state index is 12.2. The predicted octanol–water partition coefficient (Wildman–Crippen LogP) is 2.15. The molecule has 2 N–H and O–H groups in total. The first-order valence-corrected chi connectivity index (χ1v) is 8.88. The molecule has 1 aliphatic heterocycles. The summed E-state index contributed by atoms with van der Waals surface area (Å²) in [6.07, 6.45) is 8.75. The normalized spacial score (nSPS) is 25.2. The Hall–Kier alpha value is -0.610. The van der Waals surface area contributed by atoms with Crippen LogP contribution in [0.25, 0.3) is 0 Å². The smallest absolute Gasteiger partial charge is 0.234 e. The van der Waals surface area contributed by atoms with E-state index in [2.05, 4.69) is 29.4 Å². The van der Waals surface area contributed by atoms with Gasteiger partial charge in [-0.15, -0.1) is 0 Å². The number of nitrogens with one attached hydrogen (secondary N) is 2. The van der Waals surface area contributed by atoms with Crippen molar-refractivity contribution in [2.75, 3.05) is 26.2 Å². The maximum Gasteiger partial charge on any atom is 0.234 e. The molecule has 122 valence electrons. The van der Waals surface area contributed by atoms with Crippen LogP contribution in [0.2, 0.25) is 0 Å². The Balaban J connectivity index is 1.67. The maximum atomic E-state index is 12.2. The van der Waals surface area contributed by atoms with Gasteiger partial charge >= 0.3 is 0 Å². The molecule has 4 nitrogen and oxygen atoms in total. The van der Waals surface area contributed by atoms with E-state index in [1.165, 1.54) is 44.9 Å². The lowest BCUT2D eigenvalue weighted by molar-refractivity contribution is -0.123. The minimum absolute atomic E-state index is 0.236. The monoisotopic (exact) mass is 295 g/mol. The van der Waals surface area contributed by atoms with Crippen LogP contribution in [0.4, 0.5) is 0 Å². The highest BCUT2D eigenvalue weighted by Crippen LogP contribution is 2.18. The predicted molar refractivity (Wildman–Crippen MR) is 87.3 cm³/mol. The zero-order valence-corrected chi connectivity index (χ0v) is 13.9. The average Bonchev–Trinajstić information content (AvgIpc) is 2.46. The molecule has 1 unspecified atom stereocenters. The molecule has 21 heavy (non-hydrogen) atoms. The van der Waals surface area contributed by atoms with Gasteiger partial charge in [-0.1, -0.05) is 33.1 Å². The summed E-state index contributed by atoms with van der Waals surface area (Å²) in [5.74, 6) is 0.933. The molecule has 0 spiro atoms. The van der Waals surface area contributed by atoms with Crippen LogP contribution in [0, 0.1) is 5.92 Å². The molecule has 1 saturated heterocycles. The summed E-state index contributed by atoms with van der Waals surface area (Å²) in [7, 11) is 0. The van der Waals surface area contributed by atoms with Crippen LogP contribution >= 0.6 is 0 Å². The van der Waals surface area contributed by atoms with E-state index in [0.29, 0.717) is 24.5 Å². The summed E-state index contributed by atoms with van der Waals surface area (Å²) >= 11 is 0. The van der Waals surface area contributed by atoms with Crippen LogP contribution in [0.1, 0.15) is 58.8 Å². The third-order valence-corrected chi connectivity index (χ3v) is 4.76. The number of rotatable bonds is 6. The van der Waals surface area contributed by atoms with E-state index in [9.17, 15) is 4.79 Å². The molecule has 1 saturated carbocycles. The highest BCUT2D eigenvalue weighted by atomic mass is 16.2. The van der Waals surface area contributed by atoms with Crippen LogP contribution in [0.5, 0.6) is 0 Å². The first kappa shape index (κ1) is 16.8. The minimum Gasteiger partial charge on any atom is -0.352 e. The molecular formula is C17H33N3O. The standard InChI is InChI=1S/C17H33N3O/c1-14(2)18-11-15-7-6-10-20(12-15)13-17(21)19-16-8-4-3-5-9-16/h14-16,18H,3-13H2,1-2H3,(H,19,21). The molecule has 0 aromatic rings. The second-order valence-electron chi connectivity index (χ2n) is 7.21. The van der Waals surface area contributed by atoms with Gasteiger partial charge in [0.1, 0.15) is 0 Å². The minimum atomic E-state index is 0.236. The summed E-state index contributed by atoms with van der Waals surface area (Å²) in [4.78, 5) is 14.5. The van der Waals surface area contributed by atoms with E-state index in [-0.39, 0.29) is 5.91 Å². The van der Waals surface area contributed by atoms with Crippen LogP contribution in [-0.4, -0.2) is 49.1 Å². The lowest BCUT2D eigenvalue weighted by Crippen LogP contribution is -2.47. The molecule has 2 aliphatic rings. The number of nitrogens with zero attached hydrogens (tertiary/aromatic N) is 1. The topological polar surface area (TPSA) is 44.4 Å². The highest BCUT2D eigenvalue weighted by Gasteiger charge is 2.23. The summed E-state index contributed by atoms with van der Waals surface area (Å²) in [5, 5.41) is 6.76. The number of carbonyl (C=O) groups excluding carboxylic acids is 1. The second-order valence-corrected chi connectivity index (χ2v) is 7.21. The molecule has 1 atom stereocenters. The quantitative estimate of drug-likeness (QED) is 0.789.